The molecule has 1 aromatic heterocycles. The van der Waals surface area contributed by atoms with Gasteiger partial charge in [-0.15, -0.1) is 10.2 Å². The van der Waals surface area contributed by atoms with Gasteiger partial charge < -0.3 is 5.11 Å². The summed E-state index contributed by atoms with van der Waals surface area (Å²) in [7, 11) is 0. The molecular formula is C24H20ClN5O2S. The van der Waals surface area contributed by atoms with E-state index in [9.17, 15) is 9.90 Å². The number of phenolic OH excluding ortho intramolecular Hbond substituents is 1. The lowest BCUT2D eigenvalue weighted by Crippen LogP contribution is -2.20. The molecule has 0 unspecified atom stereocenters. The molecule has 0 bridgehead atoms. The molecule has 0 radical (unpaired) electrons. The zero-order valence-electron chi connectivity index (χ0n) is 17.6. The van der Waals surface area contributed by atoms with E-state index in [1.165, 1.54) is 18.0 Å². The SMILES string of the molecule is Cc1ccc(-n2c(SCC(=O)NN=Cc3cccc(O)c3)nnc2-c2ccc(Cl)cc2)cc1. The molecule has 0 aliphatic carbocycles. The molecule has 1 amide bonds. The maximum atomic E-state index is 12.3. The number of thioether (sulfide) groups is 1. The Balaban J connectivity index is 1.51. The fraction of sp³-hybridized carbons (Fsp3) is 0.0833. The maximum absolute atomic E-state index is 12.3. The molecule has 0 aliphatic heterocycles. The first kappa shape index (κ1) is 22.6. The number of nitrogens with one attached hydrogen (secondary N) is 1. The number of aryl methyl sites for hydroxylation is 1. The van der Waals surface area contributed by atoms with Gasteiger partial charge in [0.15, 0.2) is 11.0 Å². The van der Waals surface area contributed by atoms with Crippen LogP contribution in [0.5, 0.6) is 5.75 Å². The standard InChI is InChI=1S/C24H20ClN5O2S/c1-16-5-11-20(12-6-16)30-23(18-7-9-19(25)10-8-18)28-29-24(30)33-15-22(32)27-26-14-17-3-2-4-21(31)13-17/h2-14,31H,15H2,1H3,(H,27,32). The van der Waals surface area contributed by atoms with Crippen LogP contribution in [-0.2, 0) is 4.79 Å². The Hall–Kier alpha value is -3.62. The van der Waals surface area contributed by atoms with Crippen molar-refractivity contribution in [2.24, 2.45) is 5.10 Å². The van der Waals surface area contributed by atoms with E-state index in [-0.39, 0.29) is 17.4 Å². The van der Waals surface area contributed by atoms with Gasteiger partial charge in [-0.3, -0.25) is 9.36 Å². The smallest absolute Gasteiger partial charge is 0.250 e. The largest absolute Gasteiger partial charge is 0.508 e. The highest BCUT2D eigenvalue weighted by Crippen LogP contribution is 2.28. The van der Waals surface area contributed by atoms with E-state index in [0.717, 1.165) is 16.8 Å². The lowest BCUT2D eigenvalue weighted by Gasteiger charge is -2.10. The number of carbonyl (C=O) groups is 1. The molecule has 3 aromatic carbocycles. The monoisotopic (exact) mass is 477 g/mol. The molecule has 0 atom stereocenters. The highest BCUT2D eigenvalue weighted by molar-refractivity contribution is 7.99. The van der Waals surface area contributed by atoms with Crippen LogP contribution in [0.3, 0.4) is 0 Å². The van der Waals surface area contributed by atoms with Crippen LogP contribution in [0.1, 0.15) is 11.1 Å². The molecule has 0 fully saturated rings. The minimum atomic E-state index is -0.289. The first-order valence-electron chi connectivity index (χ1n) is 10.0. The third-order valence-electron chi connectivity index (χ3n) is 4.63. The van der Waals surface area contributed by atoms with Crippen molar-refractivity contribution in [2.45, 2.75) is 12.1 Å². The quantitative estimate of drug-likeness (QED) is 0.225. The highest BCUT2D eigenvalue weighted by atomic mass is 35.5. The average Bonchev–Trinajstić information content (AvgIpc) is 3.23. The fourth-order valence-electron chi connectivity index (χ4n) is 3.02. The maximum Gasteiger partial charge on any atom is 0.250 e. The van der Waals surface area contributed by atoms with E-state index in [4.69, 9.17) is 11.6 Å². The van der Waals surface area contributed by atoms with E-state index >= 15 is 0 Å². The van der Waals surface area contributed by atoms with E-state index in [1.807, 2.05) is 47.9 Å². The summed E-state index contributed by atoms with van der Waals surface area (Å²) < 4.78 is 1.91. The molecular weight excluding hydrogens is 458 g/mol. The van der Waals surface area contributed by atoms with Crippen LogP contribution >= 0.6 is 23.4 Å². The lowest BCUT2D eigenvalue weighted by molar-refractivity contribution is -0.118. The molecule has 4 aromatic rings. The number of nitrogens with zero attached hydrogens (tertiary/aromatic N) is 4. The van der Waals surface area contributed by atoms with Crippen LogP contribution in [0.2, 0.25) is 5.02 Å². The van der Waals surface area contributed by atoms with Crippen LogP contribution in [0.25, 0.3) is 17.1 Å². The molecule has 4 rings (SSSR count). The number of aromatic hydroxyl groups is 1. The third-order valence-corrected chi connectivity index (χ3v) is 5.81. The van der Waals surface area contributed by atoms with Crippen molar-refractivity contribution in [1.82, 2.24) is 20.2 Å². The van der Waals surface area contributed by atoms with Gasteiger partial charge in [0, 0.05) is 16.3 Å². The second-order valence-corrected chi connectivity index (χ2v) is 8.54. The van der Waals surface area contributed by atoms with Gasteiger partial charge in [0.1, 0.15) is 5.75 Å². The number of amides is 1. The molecule has 0 saturated carbocycles. The fourth-order valence-corrected chi connectivity index (χ4v) is 3.89. The number of rotatable bonds is 7. The van der Waals surface area contributed by atoms with Gasteiger partial charge in [0.05, 0.1) is 12.0 Å². The molecule has 33 heavy (non-hydrogen) atoms. The Morgan fingerprint density at radius 1 is 1.12 bits per heavy atom. The predicted molar refractivity (Wildman–Crippen MR) is 131 cm³/mol. The molecule has 9 heteroatoms. The summed E-state index contributed by atoms with van der Waals surface area (Å²) >= 11 is 7.30. The van der Waals surface area contributed by atoms with Gasteiger partial charge >= 0.3 is 0 Å². The predicted octanol–water partition coefficient (Wildman–Crippen LogP) is 4.84. The van der Waals surface area contributed by atoms with Gasteiger partial charge in [-0.2, -0.15) is 5.10 Å². The Morgan fingerprint density at radius 2 is 1.88 bits per heavy atom. The molecule has 2 N–H and O–H groups in total. The zero-order valence-corrected chi connectivity index (χ0v) is 19.2. The number of phenols is 1. The summed E-state index contributed by atoms with van der Waals surface area (Å²) in [6.45, 7) is 2.02. The second-order valence-electron chi connectivity index (χ2n) is 7.16. The number of carbonyl (C=O) groups excluding carboxylic acids is 1. The van der Waals surface area contributed by atoms with E-state index in [1.54, 1.807) is 36.4 Å². The second kappa shape index (κ2) is 10.3. The van der Waals surface area contributed by atoms with Crippen molar-refractivity contribution in [3.63, 3.8) is 0 Å². The Kier molecular flexibility index (Phi) is 7.07. The van der Waals surface area contributed by atoms with Crippen molar-refractivity contribution in [3.05, 3.63) is 88.9 Å². The average molecular weight is 478 g/mol. The van der Waals surface area contributed by atoms with Gasteiger partial charge in [0.2, 0.25) is 0 Å². The molecule has 0 spiro atoms. The number of hydrogen-bond acceptors (Lipinski definition) is 6. The van der Waals surface area contributed by atoms with Crippen LogP contribution in [0, 0.1) is 6.92 Å². The Bertz CT molecular complexity index is 1290. The number of hydrogen-bond donors (Lipinski definition) is 2. The first-order chi connectivity index (χ1) is 16.0. The number of hydrazone groups is 1. The zero-order chi connectivity index (χ0) is 23.2. The molecule has 7 nitrogen and oxygen atoms in total. The van der Waals surface area contributed by atoms with E-state index in [0.29, 0.717) is 21.6 Å². The van der Waals surface area contributed by atoms with E-state index < -0.39 is 0 Å². The van der Waals surface area contributed by atoms with Gasteiger partial charge in [-0.05, 0) is 61.0 Å². The summed E-state index contributed by atoms with van der Waals surface area (Å²) in [5.74, 6) is 0.595. The first-order valence-corrected chi connectivity index (χ1v) is 11.4. The van der Waals surface area contributed by atoms with Crippen LogP contribution in [0.15, 0.2) is 83.1 Å². The Morgan fingerprint density at radius 3 is 2.61 bits per heavy atom. The van der Waals surface area contributed by atoms with Gasteiger partial charge in [0.25, 0.3) is 5.91 Å². The van der Waals surface area contributed by atoms with Crippen molar-refractivity contribution >= 4 is 35.5 Å². The van der Waals surface area contributed by atoms with E-state index in [2.05, 4.69) is 20.7 Å². The summed E-state index contributed by atoms with van der Waals surface area (Å²) in [6.07, 6.45) is 1.47. The number of aromatic nitrogens is 3. The van der Waals surface area contributed by atoms with Crippen LogP contribution in [0.4, 0.5) is 0 Å². The normalized spacial score (nSPS) is 11.1. The lowest BCUT2D eigenvalue weighted by atomic mass is 10.2. The summed E-state index contributed by atoms with van der Waals surface area (Å²) in [5.41, 5.74) is 6.05. The van der Waals surface area contributed by atoms with Crippen LogP contribution in [-0.4, -0.2) is 37.7 Å². The molecule has 166 valence electrons. The van der Waals surface area contributed by atoms with Gasteiger partial charge in [-0.1, -0.05) is 53.2 Å². The van der Waals surface area contributed by atoms with Crippen LogP contribution < -0.4 is 5.43 Å². The van der Waals surface area contributed by atoms with Crippen molar-refractivity contribution in [2.75, 3.05) is 5.75 Å². The Labute approximate surface area is 200 Å². The molecule has 0 aliphatic rings. The number of halogens is 1. The van der Waals surface area contributed by atoms with Crippen molar-refractivity contribution in [1.29, 1.82) is 0 Å². The molecule has 0 saturated heterocycles. The summed E-state index contributed by atoms with van der Waals surface area (Å²) in [5, 5.41) is 23.3. The highest BCUT2D eigenvalue weighted by Gasteiger charge is 2.17. The minimum absolute atomic E-state index is 0.0992. The van der Waals surface area contributed by atoms with Crippen molar-refractivity contribution in [3.8, 4) is 22.8 Å². The third kappa shape index (κ3) is 5.79. The molecule has 1 heterocycles. The number of benzene rings is 3. The minimum Gasteiger partial charge on any atom is -0.508 e. The van der Waals surface area contributed by atoms with Crippen molar-refractivity contribution < 1.29 is 9.90 Å². The topological polar surface area (TPSA) is 92.4 Å². The summed E-state index contributed by atoms with van der Waals surface area (Å²) in [4.78, 5) is 12.3. The van der Waals surface area contributed by atoms with Gasteiger partial charge in [-0.25, -0.2) is 5.43 Å². The summed E-state index contributed by atoms with van der Waals surface area (Å²) in [6, 6.07) is 22.0.